The van der Waals surface area contributed by atoms with Crippen molar-refractivity contribution in [2.75, 3.05) is 5.32 Å². The van der Waals surface area contributed by atoms with E-state index in [1.807, 2.05) is 0 Å². The maximum Gasteiger partial charge on any atom is 0.0594 e. The van der Waals surface area contributed by atoms with Gasteiger partial charge in [0.05, 0.1) is 16.7 Å². The fourth-order valence-corrected chi connectivity index (χ4v) is 6.00. The molecule has 0 radical (unpaired) electrons. The molecule has 5 aromatic carbocycles. The third-order valence-corrected chi connectivity index (χ3v) is 7.69. The number of nitrogens with zero attached hydrogens (tertiary/aromatic N) is 1. The second-order valence-corrected chi connectivity index (χ2v) is 9.81. The van der Waals surface area contributed by atoms with Crippen molar-refractivity contribution in [2.45, 2.75) is 6.42 Å². The first-order valence-corrected chi connectivity index (χ1v) is 12.8. The van der Waals surface area contributed by atoms with Gasteiger partial charge < -0.3 is 9.72 Å². The Labute approximate surface area is 215 Å². The van der Waals surface area contributed by atoms with Gasteiger partial charge in [0, 0.05) is 39.7 Å². The third-order valence-electron chi connectivity index (χ3n) is 7.69. The number of nitrogens with one attached hydrogen (secondary N) is 1. The zero-order valence-electron chi connectivity index (χ0n) is 20.3. The Balaban J connectivity index is 1.37. The number of hydrogen-bond acceptors (Lipinski definition) is 1. The van der Waals surface area contributed by atoms with Gasteiger partial charge in [0.25, 0.3) is 0 Å². The van der Waals surface area contributed by atoms with E-state index >= 15 is 0 Å². The summed E-state index contributed by atoms with van der Waals surface area (Å²) in [5, 5.41) is 7.77. The topological polar surface area (TPSA) is 16.4 Å². The van der Waals surface area contributed by atoms with E-state index in [9.17, 15) is 0 Å². The summed E-state index contributed by atoms with van der Waals surface area (Å²) < 4.78 is 2.51. The summed E-state index contributed by atoms with van der Waals surface area (Å²) in [5.74, 6) is 0. The molecule has 7 aromatic rings. The molecule has 1 aliphatic rings. The van der Waals surface area contributed by atoms with Gasteiger partial charge in [-0.25, -0.2) is 0 Å². The highest BCUT2D eigenvalue weighted by Crippen LogP contribution is 2.49. The quantitative estimate of drug-likeness (QED) is 0.253. The van der Waals surface area contributed by atoms with Crippen LogP contribution < -0.4 is 5.32 Å². The summed E-state index contributed by atoms with van der Waals surface area (Å²) in [7, 11) is 0. The predicted octanol–water partition coefficient (Wildman–Crippen LogP) is 9.23. The van der Waals surface area contributed by atoms with Crippen LogP contribution in [-0.4, -0.2) is 4.40 Å². The van der Waals surface area contributed by atoms with E-state index < -0.39 is 0 Å². The smallest absolute Gasteiger partial charge is 0.0594 e. The number of hydrogen-bond donors (Lipinski definition) is 1. The van der Waals surface area contributed by atoms with Crippen LogP contribution in [0.1, 0.15) is 11.1 Å². The molecule has 1 N–H and O–H groups in total. The summed E-state index contributed by atoms with van der Waals surface area (Å²) in [4.78, 5) is 0. The van der Waals surface area contributed by atoms with E-state index in [0.29, 0.717) is 0 Å². The van der Waals surface area contributed by atoms with Crippen molar-refractivity contribution in [1.82, 2.24) is 4.40 Å². The van der Waals surface area contributed by atoms with Gasteiger partial charge in [-0.3, -0.25) is 0 Å². The number of benzene rings is 5. The Kier molecular flexibility index (Phi) is 4.32. The lowest BCUT2D eigenvalue weighted by Crippen LogP contribution is -2.00. The molecule has 2 heteroatoms. The van der Waals surface area contributed by atoms with Gasteiger partial charge in [0.15, 0.2) is 0 Å². The highest BCUT2D eigenvalue weighted by Gasteiger charge is 2.32. The Morgan fingerprint density at radius 1 is 0.486 bits per heavy atom. The average Bonchev–Trinajstić information content (AvgIpc) is 3.68. The van der Waals surface area contributed by atoms with E-state index in [2.05, 4.69) is 137 Å². The van der Waals surface area contributed by atoms with Crippen LogP contribution in [0.3, 0.4) is 0 Å². The number of anilines is 2. The molecule has 37 heavy (non-hydrogen) atoms. The molecule has 0 aliphatic heterocycles. The monoisotopic (exact) mass is 472 g/mol. The summed E-state index contributed by atoms with van der Waals surface area (Å²) >= 11 is 0. The minimum Gasteiger partial charge on any atom is -0.354 e. The number of pyridine rings is 1. The van der Waals surface area contributed by atoms with Crippen LogP contribution in [0.5, 0.6) is 0 Å². The summed E-state index contributed by atoms with van der Waals surface area (Å²) in [6.45, 7) is 0. The fraction of sp³-hybridized carbons (Fsp3) is 0.0286. The van der Waals surface area contributed by atoms with Gasteiger partial charge in [-0.1, -0.05) is 109 Å². The van der Waals surface area contributed by atoms with Crippen molar-refractivity contribution in [2.24, 2.45) is 0 Å². The first kappa shape index (κ1) is 20.4. The molecule has 0 unspecified atom stereocenters. The van der Waals surface area contributed by atoms with Gasteiger partial charge in [0.2, 0.25) is 0 Å². The van der Waals surface area contributed by atoms with Crippen LogP contribution in [0.4, 0.5) is 11.4 Å². The molecule has 8 rings (SSSR count). The van der Waals surface area contributed by atoms with Crippen molar-refractivity contribution in [3.8, 4) is 22.4 Å². The molecule has 0 spiro atoms. The van der Waals surface area contributed by atoms with Crippen molar-refractivity contribution in [3.05, 3.63) is 139 Å². The molecule has 0 amide bonds. The molecule has 0 bridgehead atoms. The molecule has 0 saturated carbocycles. The number of para-hydroxylation sites is 3. The Bertz CT molecular complexity index is 1980. The summed E-state index contributed by atoms with van der Waals surface area (Å²) in [5.41, 5.74) is 12.8. The SMILES string of the molecule is c1ccc(-c2ccccc2Nc2ccccc2-c2c3c(c4c5ccccc5c5ccccc5n24)C3)cc1. The van der Waals surface area contributed by atoms with Crippen LogP contribution in [0, 0.1) is 0 Å². The van der Waals surface area contributed by atoms with Gasteiger partial charge in [-0.15, -0.1) is 0 Å². The first-order valence-electron chi connectivity index (χ1n) is 12.8. The molecule has 1 aliphatic carbocycles. The lowest BCUT2D eigenvalue weighted by atomic mass is 10.0. The van der Waals surface area contributed by atoms with Crippen molar-refractivity contribution in [1.29, 1.82) is 0 Å². The Morgan fingerprint density at radius 3 is 1.89 bits per heavy atom. The average molecular weight is 473 g/mol. The zero-order chi connectivity index (χ0) is 24.3. The normalized spacial score (nSPS) is 12.2. The van der Waals surface area contributed by atoms with Gasteiger partial charge >= 0.3 is 0 Å². The molecule has 174 valence electrons. The van der Waals surface area contributed by atoms with Crippen LogP contribution in [0.15, 0.2) is 127 Å². The standard InChI is InChI=1S/C35H24N2/c1-2-12-23(13-3-1)24-14-6-9-19-31(24)36-32-20-10-7-18-28(32)35-30-22-29(30)34-27-17-5-4-15-25(27)26-16-8-11-21-33(26)37(34)35/h1-21,36H,22H2. The number of fused-ring (bicyclic) bond motifs is 8. The molecule has 2 nitrogen and oxygen atoms in total. The van der Waals surface area contributed by atoms with Gasteiger partial charge in [-0.2, -0.15) is 0 Å². The summed E-state index contributed by atoms with van der Waals surface area (Å²) in [6, 6.07) is 45.6. The number of rotatable bonds is 4. The second-order valence-electron chi connectivity index (χ2n) is 9.81. The highest BCUT2D eigenvalue weighted by molar-refractivity contribution is 6.16. The minimum atomic E-state index is 1.06. The van der Waals surface area contributed by atoms with Gasteiger partial charge in [0.1, 0.15) is 0 Å². The lowest BCUT2D eigenvalue weighted by Gasteiger charge is -2.18. The first-order chi connectivity index (χ1) is 18.4. The largest absolute Gasteiger partial charge is 0.354 e. The molecular formula is C35H24N2. The Morgan fingerprint density at radius 2 is 1.08 bits per heavy atom. The molecule has 2 heterocycles. The molecule has 0 fully saturated rings. The van der Waals surface area contributed by atoms with Crippen LogP contribution >= 0.6 is 0 Å². The predicted molar refractivity (Wildman–Crippen MR) is 156 cm³/mol. The van der Waals surface area contributed by atoms with E-state index in [0.717, 1.165) is 17.8 Å². The summed E-state index contributed by atoms with van der Waals surface area (Å²) in [6.07, 6.45) is 1.06. The third kappa shape index (κ3) is 3.06. The Hall–Kier alpha value is -4.82. The minimum absolute atomic E-state index is 1.06. The van der Waals surface area contributed by atoms with E-state index in [1.165, 1.54) is 60.7 Å². The highest BCUT2D eigenvalue weighted by atomic mass is 15.0. The van der Waals surface area contributed by atoms with Crippen molar-refractivity contribution in [3.63, 3.8) is 0 Å². The van der Waals surface area contributed by atoms with Crippen LogP contribution in [0.2, 0.25) is 0 Å². The van der Waals surface area contributed by atoms with Crippen LogP contribution in [-0.2, 0) is 6.42 Å². The molecule has 2 aromatic heterocycles. The second kappa shape index (κ2) is 7.84. The maximum atomic E-state index is 3.81. The number of aromatic nitrogens is 1. The van der Waals surface area contributed by atoms with E-state index in [-0.39, 0.29) is 0 Å². The molecular weight excluding hydrogens is 448 g/mol. The van der Waals surface area contributed by atoms with Gasteiger partial charge in [-0.05, 0) is 40.3 Å². The van der Waals surface area contributed by atoms with Crippen molar-refractivity contribution < 1.29 is 0 Å². The van der Waals surface area contributed by atoms with Crippen molar-refractivity contribution >= 4 is 38.6 Å². The van der Waals surface area contributed by atoms with Crippen LogP contribution in [0.25, 0.3) is 49.6 Å². The maximum absolute atomic E-state index is 3.81. The lowest BCUT2D eigenvalue weighted by molar-refractivity contribution is 1.24. The van der Waals surface area contributed by atoms with E-state index in [4.69, 9.17) is 0 Å². The molecule has 0 atom stereocenters. The van der Waals surface area contributed by atoms with E-state index in [1.54, 1.807) is 0 Å². The zero-order valence-corrected chi connectivity index (χ0v) is 20.3. The fourth-order valence-electron chi connectivity index (χ4n) is 6.00. The molecule has 0 saturated heterocycles.